The van der Waals surface area contributed by atoms with Gasteiger partial charge in [0.2, 0.25) is 6.79 Å². The molecule has 0 aliphatic rings. The minimum atomic E-state index is -3.24. The molecule has 144 valence electrons. The Bertz CT molecular complexity index is 655. The average Bonchev–Trinajstić information content (AvgIpc) is 2.58. The van der Waals surface area contributed by atoms with Crippen LogP contribution in [-0.2, 0) is 14.3 Å². The Morgan fingerprint density at radius 3 is 2.50 bits per heavy atom. The highest BCUT2D eigenvalue weighted by Gasteiger charge is 2.43. The van der Waals surface area contributed by atoms with Gasteiger partial charge in [0.25, 0.3) is 6.43 Å². The van der Waals surface area contributed by atoms with Gasteiger partial charge in [-0.2, -0.15) is 0 Å². The normalized spacial score (nSPS) is 13.0. The number of aliphatic carboxylic acids is 1. The number of alkyl halides is 2. The number of nitrogens with two attached hydrogens (primary N) is 1. The molecule has 1 aromatic carbocycles. The maximum atomic E-state index is 12.7. The lowest BCUT2D eigenvalue weighted by Gasteiger charge is -2.23. The lowest BCUT2D eigenvalue weighted by molar-refractivity contribution is -0.150. The van der Waals surface area contributed by atoms with Crippen molar-refractivity contribution in [3.63, 3.8) is 0 Å². The Morgan fingerprint density at radius 1 is 1.27 bits per heavy atom. The van der Waals surface area contributed by atoms with Crippen molar-refractivity contribution in [1.82, 2.24) is 5.32 Å². The average molecular weight is 374 g/mol. The van der Waals surface area contributed by atoms with E-state index in [4.69, 9.17) is 15.6 Å². The van der Waals surface area contributed by atoms with Gasteiger partial charge in [-0.15, -0.1) is 0 Å². The zero-order valence-electron chi connectivity index (χ0n) is 14.0. The first kappa shape index (κ1) is 21.3. The van der Waals surface area contributed by atoms with E-state index in [1.54, 1.807) is 31.2 Å². The number of halogens is 2. The van der Waals surface area contributed by atoms with Crippen LogP contribution in [0.15, 0.2) is 24.3 Å². The molecule has 0 radical (unpaired) electrons. The lowest BCUT2D eigenvalue weighted by atomic mass is 9.95. The Labute approximate surface area is 148 Å². The summed E-state index contributed by atoms with van der Waals surface area (Å²) in [7, 11) is 0. The molecule has 1 aromatic rings. The summed E-state index contributed by atoms with van der Waals surface area (Å²) in [5.41, 5.74) is 3.49. The van der Waals surface area contributed by atoms with Crippen LogP contribution < -0.4 is 11.1 Å². The summed E-state index contributed by atoms with van der Waals surface area (Å²) in [6.07, 6.45) is -4.83. The standard InChI is InChI=1S/C16H20F2N2O6/c1-10-5-2-3-6-11(10)12(21)25-9-26-15(24)20-8-4-7-16(19,13(17)18)14(22)23/h2-3,5-6,13H,4,7-9,19H2,1H3,(H,20,24)(H,22,23). The predicted molar refractivity (Wildman–Crippen MR) is 85.7 cm³/mol. The van der Waals surface area contributed by atoms with Crippen molar-refractivity contribution >= 4 is 18.0 Å². The monoisotopic (exact) mass is 374 g/mol. The highest BCUT2D eigenvalue weighted by molar-refractivity contribution is 5.90. The van der Waals surface area contributed by atoms with Crippen molar-refractivity contribution in [3.05, 3.63) is 35.4 Å². The molecule has 0 aromatic heterocycles. The van der Waals surface area contributed by atoms with Crippen LogP contribution in [0.4, 0.5) is 13.6 Å². The van der Waals surface area contributed by atoms with E-state index in [1.165, 1.54) is 0 Å². The van der Waals surface area contributed by atoms with E-state index in [9.17, 15) is 23.2 Å². The first-order chi connectivity index (χ1) is 12.2. The molecule has 1 atom stereocenters. The number of ether oxygens (including phenoxy) is 2. The number of benzene rings is 1. The summed E-state index contributed by atoms with van der Waals surface area (Å²) in [5, 5.41) is 10.9. The molecule has 0 fully saturated rings. The van der Waals surface area contributed by atoms with Gasteiger partial charge in [0.15, 0.2) is 5.54 Å². The van der Waals surface area contributed by atoms with E-state index < -0.39 is 43.2 Å². The fourth-order valence-corrected chi connectivity index (χ4v) is 1.95. The summed E-state index contributed by atoms with van der Waals surface area (Å²) in [6.45, 7) is 0.952. The Morgan fingerprint density at radius 2 is 1.92 bits per heavy atom. The summed E-state index contributed by atoms with van der Waals surface area (Å²) in [5.74, 6) is -2.49. The molecule has 4 N–H and O–H groups in total. The van der Waals surface area contributed by atoms with Gasteiger partial charge in [-0.25, -0.2) is 23.2 Å². The number of hydrogen-bond acceptors (Lipinski definition) is 6. The number of carbonyl (C=O) groups excluding carboxylic acids is 2. The van der Waals surface area contributed by atoms with Crippen LogP contribution in [0.5, 0.6) is 0 Å². The summed E-state index contributed by atoms with van der Waals surface area (Å²) in [6, 6.07) is 6.69. The predicted octanol–water partition coefficient (Wildman–Crippen LogP) is 1.66. The maximum absolute atomic E-state index is 12.7. The molecule has 10 heteroatoms. The van der Waals surface area contributed by atoms with Gasteiger partial charge in [-0.1, -0.05) is 18.2 Å². The number of aryl methyl sites for hydroxylation is 1. The molecule has 1 rings (SSSR count). The molecule has 1 amide bonds. The molecule has 8 nitrogen and oxygen atoms in total. The number of rotatable bonds is 9. The van der Waals surface area contributed by atoms with E-state index in [2.05, 4.69) is 10.1 Å². The second-order valence-electron chi connectivity index (χ2n) is 5.47. The molecular weight excluding hydrogens is 354 g/mol. The first-order valence-corrected chi connectivity index (χ1v) is 7.62. The van der Waals surface area contributed by atoms with E-state index in [1.807, 2.05) is 0 Å². The van der Waals surface area contributed by atoms with E-state index >= 15 is 0 Å². The van der Waals surface area contributed by atoms with E-state index in [0.29, 0.717) is 11.1 Å². The molecule has 0 spiro atoms. The van der Waals surface area contributed by atoms with Gasteiger partial charge in [0, 0.05) is 6.54 Å². The maximum Gasteiger partial charge on any atom is 0.410 e. The third-order valence-electron chi connectivity index (χ3n) is 3.57. The van der Waals surface area contributed by atoms with Crippen LogP contribution in [0.2, 0.25) is 0 Å². The van der Waals surface area contributed by atoms with Gasteiger partial charge in [0.05, 0.1) is 5.56 Å². The largest absolute Gasteiger partial charge is 0.480 e. The van der Waals surface area contributed by atoms with Crippen LogP contribution in [-0.4, -0.2) is 48.4 Å². The van der Waals surface area contributed by atoms with Crippen molar-refractivity contribution in [3.8, 4) is 0 Å². The van der Waals surface area contributed by atoms with Crippen molar-refractivity contribution in [2.45, 2.75) is 31.7 Å². The lowest BCUT2D eigenvalue weighted by Crippen LogP contribution is -2.54. The van der Waals surface area contributed by atoms with Gasteiger partial charge >= 0.3 is 18.0 Å². The smallest absolute Gasteiger partial charge is 0.410 e. The number of carboxylic acids is 1. The number of amides is 1. The first-order valence-electron chi connectivity index (χ1n) is 7.62. The highest BCUT2D eigenvalue weighted by Crippen LogP contribution is 2.19. The van der Waals surface area contributed by atoms with E-state index in [0.717, 1.165) is 0 Å². The summed E-state index contributed by atoms with van der Waals surface area (Å²) < 4.78 is 34.7. The van der Waals surface area contributed by atoms with Crippen LogP contribution in [0.25, 0.3) is 0 Å². The second kappa shape index (κ2) is 9.66. The van der Waals surface area contributed by atoms with Crippen molar-refractivity contribution in [2.75, 3.05) is 13.3 Å². The zero-order chi connectivity index (χ0) is 19.7. The van der Waals surface area contributed by atoms with Crippen molar-refractivity contribution < 1.29 is 37.7 Å². The number of alkyl carbamates (subject to hydrolysis) is 1. The van der Waals surface area contributed by atoms with Gasteiger partial charge in [0.1, 0.15) is 0 Å². The molecule has 1 unspecified atom stereocenters. The summed E-state index contributed by atoms with van der Waals surface area (Å²) >= 11 is 0. The third kappa shape index (κ3) is 5.96. The van der Waals surface area contributed by atoms with Gasteiger partial charge in [-0.05, 0) is 31.4 Å². The third-order valence-corrected chi connectivity index (χ3v) is 3.57. The Hall–Kier alpha value is -2.75. The fourth-order valence-electron chi connectivity index (χ4n) is 1.95. The van der Waals surface area contributed by atoms with Crippen molar-refractivity contribution in [2.24, 2.45) is 5.73 Å². The number of carboxylic acid groups (broad SMARTS) is 1. The Kier molecular flexibility index (Phi) is 7.91. The molecule has 0 bridgehead atoms. The van der Waals surface area contributed by atoms with E-state index in [-0.39, 0.29) is 13.0 Å². The second-order valence-corrected chi connectivity index (χ2v) is 5.47. The number of nitrogens with one attached hydrogen (secondary N) is 1. The molecule has 0 heterocycles. The molecule has 26 heavy (non-hydrogen) atoms. The van der Waals surface area contributed by atoms with Gasteiger partial charge < -0.3 is 25.6 Å². The summed E-state index contributed by atoms with van der Waals surface area (Å²) in [4.78, 5) is 33.9. The highest BCUT2D eigenvalue weighted by atomic mass is 19.3. The molecule has 0 saturated carbocycles. The molecule has 0 aliphatic carbocycles. The van der Waals surface area contributed by atoms with Crippen LogP contribution in [0, 0.1) is 6.92 Å². The Balaban J connectivity index is 2.28. The van der Waals surface area contributed by atoms with Crippen LogP contribution in [0.3, 0.4) is 0 Å². The SMILES string of the molecule is Cc1ccccc1C(=O)OCOC(=O)NCCCC(N)(C(=O)O)C(F)F. The molecule has 0 aliphatic heterocycles. The number of esters is 1. The quantitative estimate of drug-likeness (QED) is 0.341. The van der Waals surface area contributed by atoms with Crippen LogP contribution in [0.1, 0.15) is 28.8 Å². The minimum Gasteiger partial charge on any atom is -0.480 e. The number of carbonyl (C=O) groups is 3. The zero-order valence-corrected chi connectivity index (χ0v) is 14.0. The van der Waals surface area contributed by atoms with Gasteiger partial charge in [-0.3, -0.25) is 0 Å². The molecule has 0 saturated heterocycles. The fraction of sp³-hybridized carbons (Fsp3) is 0.438. The molecular formula is C16H20F2N2O6. The topological polar surface area (TPSA) is 128 Å². The minimum absolute atomic E-state index is 0.106. The number of hydrogen-bond donors (Lipinski definition) is 3. The van der Waals surface area contributed by atoms with Crippen molar-refractivity contribution in [1.29, 1.82) is 0 Å². The van der Waals surface area contributed by atoms with Crippen LogP contribution >= 0.6 is 0 Å².